The molecule has 0 spiro atoms. The van der Waals surface area contributed by atoms with Crippen LogP contribution in [0.3, 0.4) is 0 Å². The molecule has 3 aromatic rings. The number of aryl methyl sites for hydroxylation is 1. The first kappa shape index (κ1) is 21.9. The van der Waals surface area contributed by atoms with Crippen LogP contribution in [0.25, 0.3) is 11.4 Å². The second-order valence-corrected chi connectivity index (χ2v) is 7.74. The summed E-state index contributed by atoms with van der Waals surface area (Å²) in [7, 11) is 0. The molecule has 5 N–H and O–H groups in total. The third-order valence-corrected chi connectivity index (χ3v) is 5.49. The minimum atomic E-state index is -4.47. The van der Waals surface area contributed by atoms with Crippen molar-refractivity contribution in [1.82, 2.24) is 20.3 Å². The van der Waals surface area contributed by atoms with Crippen molar-refractivity contribution in [3.63, 3.8) is 0 Å². The second-order valence-electron chi connectivity index (χ2n) is 6.60. The van der Waals surface area contributed by atoms with Crippen LogP contribution in [0.2, 0.25) is 0 Å². The Bertz CT molecular complexity index is 1010. The zero-order valence-electron chi connectivity index (χ0n) is 16.0. The van der Waals surface area contributed by atoms with Crippen LogP contribution in [0.15, 0.2) is 30.6 Å². The molecule has 160 valence electrons. The fourth-order valence-electron chi connectivity index (χ4n) is 2.86. The highest BCUT2D eigenvalue weighted by molar-refractivity contribution is 7.11. The fraction of sp³-hybridized carbons (Fsp3) is 0.316. The van der Waals surface area contributed by atoms with Gasteiger partial charge in [0.2, 0.25) is 0 Å². The number of nitrogens with one attached hydrogen (secondary N) is 2. The predicted octanol–water partition coefficient (Wildman–Crippen LogP) is 3.17. The molecule has 11 heteroatoms. The predicted molar refractivity (Wildman–Crippen MR) is 106 cm³/mol. The number of carbonyl (C=O) groups excluding carboxylic acids is 1. The van der Waals surface area contributed by atoms with E-state index in [-0.39, 0.29) is 18.0 Å². The molecule has 0 saturated heterocycles. The molecule has 1 atom stereocenters. The number of hydrogen-bond acceptors (Lipinski definition) is 6. The largest absolute Gasteiger partial charge is 0.417 e. The first-order chi connectivity index (χ1) is 14.2. The number of hydrogen-bond donors (Lipinski definition) is 4. The van der Waals surface area contributed by atoms with Crippen LogP contribution < -0.4 is 11.1 Å². The molecule has 30 heavy (non-hydrogen) atoms. The van der Waals surface area contributed by atoms with Crippen molar-refractivity contribution in [2.75, 3.05) is 6.54 Å². The number of carbonyl (C=O) groups is 1. The van der Waals surface area contributed by atoms with Crippen LogP contribution >= 0.6 is 11.3 Å². The maximum Gasteiger partial charge on any atom is 0.417 e. The molecule has 0 bridgehead atoms. The summed E-state index contributed by atoms with van der Waals surface area (Å²) >= 11 is 1.28. The number of aliphatic hydroxyl groups is 1. The molecule has 0 aliphatic carbocycles. The van der Waals surface area contributed by atoms with E-state index in [1.54, 1.807) is 19.2 Å². The normalized spacial score (nSPS) is 12.7. The van der Waals surface area contributed by atoms with Crippen LogP contribution in [-0.4, -0.2) is 32.5 Å². The number of amides is 1. The zero-order valence-corrected chi connectivity index (χ0v) is 16.8. The first-order valence-corrected chi connectivity index (χ1v) is 9.84. The summed E-state index contributed by atoms with van der Waals surface area (Å²) in [5.41, 5.74) is 6.41. The Balaban J connectivity index is 1.80. The molecular weight excluding hydrogens is 419 g/mol. The summed E-state index contributed by atoms with van der Waals surface area (Å²) in [5, 5.41) is 12.7. The van der Waals surface area contributed by atoms with Gasteiger partial charge in [-0.05, 0) is 43.7 Å². The van der Waals surface area contributed by atoms with Crippen molar-refractivity contribution in [3.8, 4) is 11.4 Å². The summed E-state index contributed by atoms with van der Waals surface area (Å²) in [4.78, 5) is 24.5. The number of pyridine rings is 1. The average Bonchev–Trinajstić information content (AvgIpc) is 3.34. The number of rotatable bonds is 7. The summed E-state index contributed by atoms with van der Waals surface area (Å²) in [6, 6.07) is 3.41. The van der Waals surface area contributed by atoms with Gasteiger partial charge >= 0.3 is 6.18 Å². The van der Waals surface area contributed by atoms with Gasteiger partial charge in [-0.15, -0.1) is 11.3 Å². The molecule has 0 radical (unpaired) electrons. The lowest BCUT2D eigenvalue weighted by Gasteiger charge is -2.15. The number of thiazole rings is 1. The number of halogens is 3. The van der Waals surface area contributed by atoms with Gasteiger partial charge in [0.1, 0.15) is 10.7 Å². The molecule has 0 aliphatic heterocycles. The van der Waals surface area contributed by atoms with E-state index in [0.29, 0.717) is 34.1 Å². The molecule has 3 heterocycles. The molecule has 7 nitrogen and oxygen atoms in total. The monoisotopic (exact) mass is 439 g/mol. The number of nitrogens with two attached hydrogens (primary N) is 1. The van der Waals surface area contributed by atoms with E-state index in [1.807, 2.05) is 0 Å². The third kappa shape index (κ3) is 4.86. The summed E-state index contributed by atoms with van der Waals surface area (Å²) < 4.78 is 38.2. The van der Waals surface area contributed by atoms with Crippen molar-refractivity contribution in [2.45, 2.75) is 32.2 Å². The van der Waals surface area contributed by atoms with E-state index in [9.17, 15) is 23.1 Å². The maximum absolute atomic E-state index is 12.8. The standard InChI is InChI=1S/C19H20F3N5O2S/c1-10-6-15(13-3-2-11(7-24-13)19(20,21)22)26-16(10)17(29)27-14(4-5-23)18-25-8-12(9-28)30-18/h2-3,6-8,14,26,28H,4-5,9,23H2,1H3,(H,27,29). The molecule has 0 aliphatic rings. The van der Waals surface area contributed by atoms with Gasteiger partial charge in [-0.3, -0.25) is 9.78 Å². The highest BCUT2D eigenvalue weighted by Gasteiger charge is 2.30. The van der Waals surface area contributed by atoms with Crippen LogP contribution in [0, 0.1) is 6.92 Å². The van der Waals surface area contributed by atoms with Gasteiger partial charge in [-0.25, -0.2) is 4.98 Å². The Kier molecular flexibility index (Phi) is 6.54. The number of alkyl halides is 3. The maximum atomic E-state index is 12.8. The molecule has 3 rings (SSSR count). The number of nitrogens with zero attached hydrogens (tertiary/aromatic N) is 2. The van der Waals surface area contributed by atoms with Gasteiger partial charge < -0.3 is 21.1 Å². The summed E-state index contributed by atoms with van der Waals surface area (Å²) in [5.74, 6) is -0.398. The van der Waals surface area contributed by atoms with Crippen molar-refractivity contribution in [3.05, 3.63) is 57.3 Å². The lowest BCUT2D eigenvalue weighted by Crippen LogP contribution is -2.30. The lowest BCUT2D eigenvalue weighted by molar-refractivity contribution is -0.137. The minimum Gasteiger partial charge on any atom is -0.391 e. The SMILES string of the molecule is Cc1cc(-c2ccc(C(F)(F)F)cn2)[nH]c1C(=O)NC(CCN)c1ncc(CO)s1. The smallest absolute Gasteiger partial charge is 0.391 e. The first-order valence-electron chi connectivity index (χ1n) is 9.02. The van der Waals surface area contributed by atoms with Gasteiger partial charge in [-0.2, -0.15) is 13.2 Å². The van der Waals surface area contributed by atoms with Crippen LogP contribution in [0.1, 0.15) is 44.0 Å². The van der Waals surface area contributed by atoms with Crippen molar-refractivity contribution >= 4 is 17.2 Å². The Morgan fingerprint density at radius 1 is 1.33 bits per heavy atom. The number of aromatic amines is 1. The topological polar surface area (TPSA) is 117 Å². The Labute approximate surface area is 174 Å². The van der Waals surface area contributed by atoms with Gasteiger partial charge in [0.05, 0.1) is 34.5 Å². The Morgan fingerprint density at radius 2 is 2.10 bits per heavy atom. The third-order valence-electron chi connectivity index (χ3n) is 4.39. The minimum absolute atomic E-state index is 0.139. The molecule has 1 amide bonds. The van der Waals surface area contributed by atoms with Crippen molar-refractivity contribution < 1.29 is 23.1 Å². The summed E-state index contributed by atoms with van der Waals surface area (Å²) in [6.45, 7) is 1.90. The van der Waals surface area contributed by atoms with E-state index < -0.39 is 23.7 Å². The number of aliphatic hydroxyl groups excluding tert-OH is 1. The Hall–Kier alpha value is -2.76. The van der Waals surface area contributed by atoms with E-state index in [1.165, 1.54) is 17.4 Å². The van der Waals surface area contributed by atoms with Crippen LogP contribution in [0.5, 0.6) is 0 Å². The number of aromatic nitrogens is 3. The van der Waals surface area contributed by atoms with Crippen LogP contribution in [0.4, 0.5) is 13.2 Å². The molecule has 0 fully saturated rings. The van der Waals surface area contributed by atoms with Crippen molar-refractivity contribution in [1.29, 1.82) is 0 Å². The van der Waals surface area contributed by atoms with Gasteiger partial charge in [0.15, 0.2) is 0 Å². The Morgan fingerprint density at radius 3 is 2.67 bits per heavy atom. The van der Waals surface area contributed by atoms with E-state index in [4.69, 9.17) is 5.73 Å². The second kappa shape index (κ2) is 8.94. The quantitative estimate of drug-likeness (QED) is 0.451. The molecule has 0 aromatic carbocycles. The van der Waals surface area contributed by atoms with Crippen LogP contribution in [-0.2, 0) is 12.8 Å². The zero-order chi connectivity index (χ0) is 21.9. The molecule has 0 saturated carbocycles. The summed E-state index contributed by atoms with van der Waals surface area (Å²) in [6.07, 6.45) is -1.71. The fourth-order valence-corrected chi connectivity index (χ4v) is 3.73. The van der Waals surface area contributed by atoms with Gasteiger partial charge in [-0.1, -0.05) is 0 Å². The van der Waals surface area contributed by atoms with Gasteiger partial charge in [0, 0.05) is 12.4 Å². The molecule has 1 unspecified atom stereocenters. The van der Waals surface area contributed by atoms with E-state index >= 15 is 0 Å². The van der Waals surface area contributed by atoms with Crippen molar-refractivity contribution in [2.24, 2.45) is 5.73 Å². The molecule has 3 aromatic heterocycles. The lowest BCUT2D eigenvalue weighted by atomic mass is 10.2. The number of H-pyrrole nitrogens is 1. The highest BCUT2D eigenvalue weighted by Crippen LogP contribution is 2.30. The van der Waals surface area contributed by atoms with E-state index in [2.05, 4.69) is 20.3 Å². The molecular formula is C19H20F3N5O2S. The van der Waals surface area contributed by atoms with E-state index in [0.717, 1.165) is 12.3 Å². The van der Waals surface area contributed by atoms with Gasteiger partial charge in [0.25, 0.3) is 5.91 Å². The highest BCUT2D eigenvalue weighted by atomic mass is 32.1. The average molecular weight is 439 g/mol.